The van der Waals surface area contributed by atoms with Crippen molar-refractivity contribution in [1.82, 2.24) is 24.9 Å². The lowest BCUT2D eigenvalue weighted by Crippen LogP contribution is -1.98. The van der Waals surface area contributed by atoms with Crippen LogP contribution in [-0.2, 0) is 22.4 Å². The molecular weight excluding hydrogens is 578 g/mol. The molecule has 0 unspecified atom stereocenters. The van der Waals surface area contributed by atoms with E-state index in [1.54, 1.807) is 0 Å². The second-order valence-corrected chi connectivity index (χ2v) is 12.3. The highest BCUT2D eigenvalue weighted by molar-refractivity contribution is 6.22. The van der Waals surface area contributed by atoms with Crippen molar-refractivity contribution in [2.75, 3.05) is 0 Å². The molecule has 1 aromatic carbocycles. The van der Waals surface area contributed by atoms with Gasteiger partial charge < -0.3 is 20.2 Å². The fourth-order valence-corrected chi connectivity index (χ4v) is 7.10. The zero-order chi connectivity index (χ0) is 32.4. The highest BCUT2D eigenvalue weighted by Crippen LogP contribution is 2.40. The van der Waals surface area contributed by atoms with Crippen molar-refractivity contribution in [3.05, 3.63) is 75.7 Å². The Morgan fingerprint density at radius 3 is 2.00 bits per heavy atom. The molecule has 4 N–H and O–H groups in total. The molecule has 0 fully saturated rings. The number of fused-ring (bicyclic) bond motifs is 9. The number of carboxylic acid groups (broad SMARTS) is 2. The van der Waals surface area contributed by atoms with Crippen molar-refractivity contribution in [3.8, 4) is 0 Å². The summed E-state index contributed by atoms with van der Waals surface area (Å²) >= 11 is 0. The van der Waals surface area contributed by atoms with Crippen LogP contribution in [0, 0.1) is 20.8 Å². The minimum Gasteiger partial charge on any atom is -0.481 e. The summed E-state index contributed by atoms with van der Waals surface area (Å²) in [5, 5.41) is 22.1. The molecular formula is C37H35N5O4. The van der Waals surface area contributed by atoms with E-state index < -0.39 is 11.9 Å². The van der Waals surface area contributed by atoms with Crippen molar-refractivity contribution in [1.29, 1.82) is 0 Å². The van der Waals surface area contributed by atoms with E-state index in [0.29, 0.717) is 12.8 Å². The smallest absolute Gasteiger partial charge is 0.303 e. The molecule has 0 aliphatic carbocycles. The fraction of sp³-hybridized carbons (Fsp3) is 0.270. The maximum Gasteiger partial charge on any atom is 0.303 e. The van der Waals surface area contributed by atoms with Gasteiger partial charge in [-0.25, -0.2) is 9.97 Å². The molecule has 6 heterocycles. The predicted molar refractivity (Wildman–Crippen MR) is 183 cm³/mol. The Kier molecular flexibility index (Phi) is 6.99. The molecule has 6 aromatic rings. The molecule has 5 aromatic heterocycles. The zero-order valence-corrected chi connectivity index (χ0v) is 26.6. The number of aliphatic carboxylic acids is 2. The van der Waals surface area contributed by atoms with Gasteiger partial charge in [0.2, 0.25) is 0 Å². The van der Waals surface area contributed by atoms with Gasteiger partial charge in [0, 0.05) is 57.3 Å². The molecule has 0 spiro atoms. The molecule has 232 valence electrons. The first-order chi connectivity index (χ1) is 22.0. The summed E-state index contributed by atoms with van der Waals surface area (Å²) in [6, 6.07) is 10.2. The molecule has 0 radical (unpaired) electrons. The lowest BCUT2D eigenvalue weighted by Gasteiger charge is -2.05. The van der Waals surface area contributed by atoms with Crippen LogP contribution >= 0.6 is 0 Å². The number of carboxylic acids is 2. The molecule has 8 bridgehead atoms. The quantitative estimate of drug-likeness (QED) is 0.143. The van der Waals surface area contributed by atoms with Crippen molar-refractivity contribution in [2.24, 2.45) is 0 Å². The number of aromatic amines is 2. The van der Waals surface area contributed by atoms with Gasteiger partial charge in [0.15, 0.2) is 0 Å². The van der Waals surface area contributed by atoms with Gasteiger partial charge in [-0.2, -0.15) is 0 Å². The van der Waals surface area contributed by atoms with Crippen LogP contribution in [0.1, 0.15) is 72.3 Å². The summed E-state index contributed by atoms with van der Waals surface area (Å²) in [6.07, 6.45) is 3.35. The maximum atomic E-state index is 11.7. The number of hydrogen-bond donors (Lipinski definition) is 4. The van der Waals surface area contributed by atoms with Gasteiger partial charge in [-0.3, -0.25) is 14.6 Å². The van der Waals surface area contributed by atoms with Crippen LogP contribution in [0.3, 0.4) is 0 Å². The van der Waals surface area contributed by atoms with Crippen LogP contribution in [0.4, 0.5) is 0 Å². The van der Waals surface area contributed by atoms with Gasteiger partial charge in [0.05, 0.1) is 27.9 Å². The van der Waals surface area contributed by atoms with Crippen molar-refractivity contribution < 1.29 is 19.8 Å². The van der Waals surface area contributed by atoms with Gasteiger partial charge in [-0.05, 0) is 116 Å². The monoisotopic (exact) mass is 613 g/mol. The Balaban J connectivity index is 1.70. The second-order valence-electron chi connectivity index (χ2n) is 12.3. The van der Waals surface area contributed by atoms with Gasteiger partial charge in [0.1, 0.15) is 0 Å². The molecule has 7 rings (SSSR count). The number of benzene rings is 1. The zero-order valence-electron chi connectivity index (χ0n) is 26.6. The number of allylic oxidation sites excluding steroid dienone is 2. The van der Waals surface area contributed by atoms with Crippen LogP contribution in [0.5, 0.6) is 0 Å². The van der Waals surface area contributed by atoms with E-state index in [9.17, 15) is 19.8 Å². The summed E-state index contributed by atoms with van der Waals surface area (Å²) in [5.41, 5.74) is 14.6. The highest BCUT2D eigenvalue weighted by atomic mass is 16.4. The van der Waals surface area contributed by atoms with Crippen LogP contribution in [0.2, 0.25) is 0 Å². The Labute approximate surface area is 264 Å². The number of rotatable bonds is 7. The van der Waals surface area contributed by atoms with Gasteiger partial charge in [0.25, 0.3) is 0 Å². The minimum absolute atomic E-state index is 0.00981. The lowest BCUT2D eigenvalue weighted by atomic mass is 9.99. The Bertz CT molecular complexity index is 2410. The third-order valence-corrected chi connectivity index (χ3v) is 9.58. The van der Waals surface area contributed by atoms with Crippen LogP contribution < -0.4 is 0 Å². The molecule has 0 atom stereocenters. The van der Waals surface area contributed by atoms with Gasteiger partial charge in [-0.1, -0.05) is 6.92 Å². The summed E-state index contributed by atoms with van der Waals surface area (Å²) in [7, 11) is 0. The average molecular weight is 614 g/mol. The molecule has 0 saturated heterocycles. The average Bonchev–Trinajstić information content (AvgIpc) is 3.71. The van der Waals surface area contributed by atoms with Crippen LogP contribution in [-0.4, -0.2) is 47.1 Å². The first kappa shape index (κ1) is 29.4. The number of H-pyrrole nitrogens is 2. The van der Waals surface area contributed by atoms with E-state index >= 15 is 0 Å². The lowest BCUT2D eigenvalue weighted by molar-refractivity contribution is -0.138. The molecule has 0 saturated carbocycles. The maximum absolute atomic E-state index is 11.7. The van der Waals surface area contributed by atoms with Crippen LogP contribution in [0.25, 0.3) is 65.9 Å². The number of carbonyl (C=O) groups is 2. The molecule has 9 heteroatoms. The fourth-order valence-electron chi connectivity index (χ4n) is 7.10. The van der Waals surface area contributed by atoms with Crippen molar-refractivity contribution in [2.45, 2.75) is 66.7 Å². The van der Waals surface area contributed by atoms with E-state index in [0.717, 1.165) is 112 Å². The Morgan fingerprint density at radius 2 is 1.39 bits per heavy atom. The number of aryl methyl sites for hydroxylation is 5. The largest absolute Gasteiger partial charge is 0.481 e. The molecule has 46 heavy (non-hydrogen) atoms. The number of nitrogens with one attached hydrogen (secondary N) is 2. The van der Waals surface area contributed by atoms with Gasteiger partial charge >= 0.3 is 11.9 Å². The molecule has 1 aliphatic rings. The third-order valence-electron chi connectivity index (χ3n) is 9.58. The predicted octanol–water partition coefficient (Wildman–Crippen LogP) is 8.03. The number of aromatic nitrogens is 5. The third kappa shape index (κ3) is 4.65. The molecule has 0 amide bonds. The summed E-state index contributed by atoms with van der Waals surface area (Å²) < 4.78 is 0. The van der Waals surface area contributed by atoms with Gasteiger partial charge in [-0.15, -0.1) is 0 Å². The highest BCUT2D eigenvalue weighted by Gasteiger charge is 2.22. The summed E-state index contributed by atoms with van der Waals surface area (Å²) in [4.78, 5) is 45.7. The van der Waals surface area contributed by atoms with E-state index in [1.807, 2.05) is 39.1 Å². The minimum atomic E-state index is -0.869. The molecule has 1 aliphatic heterocycles. The van der Waals surface area contributed by atoms with Crippen molar-refractivity contribution >= 4 is 77.9 Å². The standard InChI is InChI=1S/C37H35N5O4/c1-6-21-18(3)28-13-26-19(4)22(8-11-32(43)44)29(39-26)15-30-23(9-12-33(45)46)20(5)27(40-30)14-31-34-17(2)16-38-25-10-7-24(36(21)41-28)37(42-31)35(25)34/h7,10,13-16,39-40H,6,8-9,11-12H2,1-5H3,(H,43,44)(H,45,46). The van der Waals surface area contributed by atoms with E-state index in [1.165, 1.54) is 0 Å². The first-order valence-corrected chi connectivity index (χ1v) is 15.6. The number of nitrogens with zero attached hydrogens (tertiary/aromatic N) is 3. The molecule has 9 nitrogen and oxygen atoms in total. The van der Waals surface area contributed by atoms with Crippen molar-refractivity contribution in [3.63, 3.8) is 0 Å². The van der Waals surface area contributed by atoms with Crippen LogP contribution in [0.15, 0.2) is 36.5 Å². The SMILES string of the molecule is CCC1=C(C)c2cc3[nH]c(cc4[nH]c(cc5nc6c(ccc7ncc(C)c5c76)c1n2)c(C)c4CCC(=O)O)c(CCC(=O)O)c3C. The number of hydrogen-bond acceptors (Lipinski definition) is 5. The van der Waals surface area contributed by atoms with E-state index in [-0.39, 0.29) is 12.8 Å². The Morgan fingerprint density at radius 1 is 0.761 bits per heavy atom. The number of pyridine rings is 1. The van der Waals surface area contributed by atoms with E-state index in [2.05, 4.69) is 42.0 Å². The normalized spacial score (nSPS) is 12.7. The summed E-state index contributed by atoms with van der Waals surface area (Å²) in [6.45, 7) is 10.3. The first-order valence-electron chi connectivity index (χ1n) is 15.6. The second kappa shape index (κ2) is 10.9. The topological polar surface area (TPSA) is 145 Å². The Hall–Kier alpha value is -5.31. The van der Waals surface area contributed by atoms with E-state index in [4.69, 9.17) is 15.0 Å². The summed E-state index contributed by atoms with van der Waals surface area (Å²) in [5.74, 6) is -1.73.